The van der Waals surface area contributed by atoms with Crippen LogP contribution in [0.1, 0.15) is 15.9 Å². The van der Waals surface area contributed by atoms with Crippen LogP contribution in [-0.4, -0.2) is 37.8 Å². The fourth-order valence-corrected chi connectivity index (χ4v) is 2.19. The first kappa shape index (κ1) is 16.8. The van der Waals surface area contributed by atoms with Crippen LogP contribution in [0.4, 0.5) is 5.69 Å². The van der Waals surface area contributed by atoms with Gasteiger partial charge in [0.1, 0.15) is 5.75 Å². The molecule has 0 atom stereocenters. The van der Waals surface area contributed by atoms with Crippen LogP contribution in [-0.2, 0) is 6.42 Å². The van der Waals surface area contributed by atoms with Crippen molar-refractivity contribution in [1.82, 2.24) is 5.32 Å². The number of methoxy groups -OCH3 is 1. The van der Waals surface area contributed by atoms with Crippen LogP contribution in [0, 0.1) is 0 Å². The van der Waals surface area contributed by atoms with Crippen molar-refractivity contribution < 1.29 is 14.6 Å². The molecule has 0 heterocycles. The Morgan fingerprint density at radius 1 is 1.13 bits per heavy atom. The van der Waals surface area contributed by atoms with E-state index in [0.29, 0.717) is 5.56 Å². The van der Waals surface area contributed by atoms with Crippen molar-refractivity contribution in [2.75, 3.05) is 32.1 Å². The van der Waals surface area contributed by atoms with Crippen molar-refractivity contribution >= 4 is 11.6 Å². The number of hydrogen-bond acceptors (Lipinski definition) is 4. The summed E-state index contributed by atoms with van der Waals surface area (Å²) in [5.74, 6) is 0.668. The third-order valence-electron chi connectivity index (χ3n) is 3.42. The first-order valence-corrected chi connectivity index (χ1v) is 7.59. The zero-order valence-corrected chi connectivity index (χ0v) is 13.2. The second-order valence-electron chi connectivity index (χ2n) is 5.09. The molecule has 2 rings (SSSR count). The average molecular weight is 314 g/mol. The van der Waals surface area contributed by atoms with Crippen LogP contribution in [0.25, 0.3) is 0 Å². The zero-order valence-electron chi connectivity index (χ0n) is 13.2. The molecule has 0 aromatic heterocycles. The van der Waals surface area contributed by atoms with Gasteiger partial charge in [-0.15, -0.1) is 0 Å². The van der Waals surface area contributed by atoms with Crippen molar-refractivity contribution in [3.05, 3.63) is 59.7 Å². The maximum absolute atomic E-state index is 11.8. The van der Waals surface area contributed by atoms with E-state index < -0.39 is 0 Å². The highest BCUT2D eigenvalue weighted by atomic mass is 16.5. The van der Waals surface area contributed by atoms with E-state index in [1.54, 1.807) is 19.2 Å². The van der Waals surface area contributed by atoms with E-state index in [0.717, 1.165) is 24.4 Å². The monoisotopic (exact) mass is 314 g/mol. The largest absolute Gasteiger partial charge is 0.497 e. The number of nitrogens with one attached hydrogen (secondary N) is 2. The summed E-state index contributed by atoms with van der Waals surface area (Å²) >= 11 is 0. The van der Waals surface area contributed by atoms with Gasteiger partial charge in [0, 0.05) is 24.3 Å². The number of hydrogen-bond donors (Lipinski definition) is 3. The summed E-state index contributed by atoms with van der Waals surface area (Å²) in [6.45, 7) is 0.966. The number of anilines is 1. The molecular weight excluding hydrogens is 292 g/mol. The molecule has 122 valence electrons. The first-order chi connectivity index (χ1) is 11.2. The number of benzene rings is 2. The van der Waals surface area contributed by atoms with Gasteiger partial charge in [-0.25, -0.2) is 0 Å². The number of rotatable bonds is 8. The number of aliphatic hydroxyl groups excluding tert-OH is 1. The molecule has 0 aliphatic carbocycles. The molecule has 0 fully saturated rings. The molecule has 0 aliphatic heterocycles. The Bertz CT molecular complexity index is 626. The zero-order chi connectivity index (χ0) is 16.5. The van der Waals surface area contributed by atoms with Crippen molar-refractivity contribution in [2.45, 2.75) is 6.42 Å². The molecule has 23 heavy (non-hydrogen) atoms. The summed E-state index contributed by atoms with van der Waals surface area (Å²) in [5.41, 5.74) is 2.69. The highest BCUT2D eigenvalue weighted by Gasteiger charge is 2.05. The fourth-order valence-electron chi connectivity index (χ4n) is 2.19. The lowest BCUT2D eigenvalue weighted by atomic mass is 10.1. The maximum atomic E-state index is 11.8. The molecule has 0 bridgehead atoms. The molecule has 2 aromatic rings. The van der Waals surface area contributed by atoms with Gasteiger partial charge < -0.3 is 20.5 Å². The Labute approximate surface area is 136 Å². The molecule has 5 heteroatoms. The van der Waals surface area contributed by atoms with Crippen molar-refractivity contribution in [3.63, 3.8) is 0 Å². The standard InChI is InChI=1S/C18H22N2O3/c1-23-17-7-5-14(6-8-17)9-10-19-16-4-2-3-15(13-16)18(22)20-11-12-21/h2-8,13,19,21H,9-12H2,1H3,(H,20,22). The summed E-state index contributed by atoms with van der Waals surface area (Å²) in [5, 5.41) is 14.7. The minimum absolute atomic E-state index is 0.0639. The number of aliphatic hydroxyl groups is 1. The normalized spacial score (nSPS) is 10.2. The van der Waals surface area contributed by atoms with Gasteiger partial charge in [0.05, 0.1) is 13.7 Å². The van der Waals surface area contributed by atoms with E-state index in [1.165, 1.54) is 5.56 Å². The predicted octanol–water partition coefficient (Wildman–Crippen LogP) is 2.07. The smallest absolute Gasteiger partial charge is 0.251 e. The van der Waals surface area contributed by atoms with Crippen LogP contribution in [0.2, 0.25) is 0 Å². The third-order valence-corrected chi connectivity index (χ3v) is 3.42. The van der Waals surface area contributed by atoms with E-state index >= 15 is 0 Å². The Kier molecular flexibility index (Phi) is 6.44. The highest BCUT2D eigenvalue weighted by Crippen LogP contribution is 2.13. The fraction of sp³-hybridized carbons (Fsp3) is 0.278. The van der Waals surface area contributed by atoms with Gasteiger partial charge in [0.15, 0.2) is 0 Å². The molecule has 2 aromatic carbocycles. The highest BCUT2D eigenvalue weighted by molar-refractivity contribution is 5.95. The lowest BCUT2D eigenvalue weighted by molar-refractivity contribution is 0.0945. The van der Waals surface area contributed by atoms with Gasteiger partial charge in [-0.1, -0.05) is 18.2 Å². The van der Waals surface area contributed by atoms with Gasteiger partial charge in [-0.05, 0) is 42.3 Å². The molecule has 0 saturated heterocycles. The van der Waals surface area contributed by atoms with E-state index in [4.69, 9.17) is 9.84 Å². The second kappa shape index (κ2) is 8.80. The Balaban J connectivity index is 1.86. The number of carbonyl (C=O) groups excluding carboxylic acids is 1. The number of ether oxygens (including phenoxy) is 1. The van der Waals surface area contributed by atoms with Crippen LogP contribution < -0.4 is 15.4 Å². The lowest BCUT2D eigenvalue weighted by Crippen LogP contribution is -2.26. The first-order valence-electron chi connectivity index (χ1n) is 7.59. The van der Waals surface area contributed by atoms with Crippen molar-refractivity contribution in [1.29, 1.82) is 0 Å². The van der Waals surface area contributed by atoms with E-state index in [2.05, 4.69) is 10.6 Å². The summed E-state index contributed by atoms with van der Waals surface area (Å²) in [7, 11) is 1.65. The minimum atomic E-state index is -0.183. The van der Waals surface area contributed by atoms with Crippen LogP contribution >= 0.6 is 0 Å². The summed E-state index contributed by atoms with van der Waals surface area (Å²) in [4.78, 5) is 11.8. The molecule has 3 N–H and O–H groups in total. The molecule has 0 saturated carbocycles. The molecule has 0 unspecified atom stereocenters. The van der Waals surface area contributed by atoms with Crippen LogP contribution in [0.3, 0.4) is 0 Å². The molecular formula is C18H22N2O3. The molecule has 0 spiro atoms. The van der Waals surface area contributed by atoms with Crippen molar-refractivity contribution in [3.8, 4) is 5.75 Å². The Morgan fingerprint density at radius 3 is 2.61 bits per heavy atom. The van der Waals surface area contributed by atoms with Crippen LogP contribution in [0.15, 0.2) is 48.5 Å². The molecule has 1 amide bonds. The Morgan fingerprint density at radius 2 is 1.91 bits per heavy atom. The summed E-state index contributed by atoms with van der Waals surface area (Å²) in [6, 6.07) is 15.3. The summed E-state index contributed by atoms with van der Waals surface area (Å²) < 4.78 is 5.14. The van der Waals surface area contributed by atoms with Crippen molar-refractivity contribution in [2.24, 2.45) is 0 Å². The second-order valence-corrected chi connectivity index (χ2v) is 5.09. The molecule has 0 aliphatic rings. The van der Waals surface area contributed by atoms with E-state index in [-0.39, 0.29) is 19.1 Å². The van der Waals surface area contributed by atoms with Crippen LogP contribution in [0.5, 0.6) is 5.75 Å². The SMILES string of the molecule is COc1ccc(CCNc2cccc(C(=O)NCCO)c2)cc1. The Hall–Kier alpha value is -2.53. The number of carbonyl (C=O) groups is 1. The predicted molar refractivity (Wildman–Crippen MR) is 91.0 cm³/mol. The number of amides is 1. The average Bonchev–Trinajstić information content (AvgIpc) is 2.60. The topological polar surface area (TPSA) is 70.6 Å². The van der Waals surface area contributed by atoms with Gasteiger partial charge in [-0.3, -0.25) is 4.79 Å². The van der Waals surface area contributed by atoms with E-state index in [1.807, 2.05) is 36.4 Å². The quantitative estimate of drug-likeness (QED) is 0.697. The summed E-state index contributed by atoms with van der Waals surface area (Å²) in [6.07, 6.45) is 0.880. The van der Waals surface area contributed by atoms with Gasteiger partial charge in [-0.2, -0.15) is 0 Å². The molecule has 5 nitrogen and oxygen atoms in total. The minimum Gasteiger partial charge on any atom is -0.497 e. The van der Waals surface area contributed by atoms with Gasteiger partial charge >= 0.3 is 0 Å². The van der Waals surface area contributed by atoms with Gasteiger partial charge in [0.25, 0.3) is 5.91 Å². The maximum Gasteiger partial charge on any atom is 0.251 e. The lowest BCUT2D eigenvalue weighted by Gasteiger charge is -2.09. The van der Waals surface area contributed by atoms with E-state index in [9.17, 15) is 4.79 Å². The third kappa shape index (κ3) is 5.30. The van der Waals surface area contributed by atoms with Gasteiger partial charge in [0.2, 0.25) is 0 Å². The molecule has 0 radical (unpaired) electrons.